The lowest BCUT2D eigenvalue weighted by Crippen LogP contribution is -2.51. The number of furan rings is 1. The number of piperazine rings is 1. The first-order valence-electron chi connectivity index (χ1n) is 11.0. The normalized spacial score (nSPS) is 16.4. The molecular weight excluding hydrogens is 406 g/mol. The number of methoxy groups -OCH3 is 1. The summed E-state index contributed by atoms with van der Waals surface area (Å²) in [5.74, 6) is 1.14. The molecule has 7 heteroatoms. The van der Waals surface area contributed by atoms with Crippen LogP contribution in [0.1, 0.15) is 21.7 Å². The van der Waals surface area contributed by atoms with Gasteiger partial charge < -0.3 is 19.0 Å². The van der Waals surface area contributed by atoms with E-state index in [9.17, 15) is 9.59 Å². The summed E-state index contributed by atoms with van der Waals surface area (Å²) in [7, 11) is 1.62. The van der Waals surface area contributed by atoms with Crippen molar-refractivity contribution in [1.82, 2.24) is 9.80 Å². The molecule has 0 spiro atoms. The van der Waals surface area contributed by atoms with Crippen LogP contribution in [0.3, 0.4) is 0 Å². The first-order valence-corrected chi connectivity index (χ1v) is 11.0. The van der Waals surface area contributed by atoms with E-state index in [2.05, 4.69) is 11.0 Å². The van der Waals surface area contributed by atoms with Crippen molar-refractivity contribution < 1.29 is 18.7 Å². The zero-order valence-corrected chi connectivity index (χ0v) is 18.5. The molecule has 5 rings (SSSR count). The molecule has 0 aliphatic carbocycles. The minimum absolute atomic E-state index is 0.0999. The van der Waals surface area contributed by atoms with E-state index in [1.165, 1.54) is 5.56 Å². The minimum Gasteiger partial charge on any atom is -0.497 e. The summed E-state index contributed by atoms with van der Waals surface area (Å²) in [6.45, 7) is 5.50. The molecule has 1 fully saturated rings. The third kappa shape index (κ3) is 3.62. The Morgan fingerprint density at radius 2 is 1.81 bits per heavy atom. The molecule has 2 aromatic carbocycles. The Labute approximate surface area is 187 Å². The van der Waals surface area contributed by atoms with Crippen molar-refractivity contribution in [2.45, 2.75) is 13.3 Å². The summed E-state index contributed by atoms with van der Waals surface area (Å²) < 4.78 is 11.2. The van der Waals surface area contributed by atoms with Gasteiger partial charge in [-0.2, -0.15) is 0 Å². The molecule has 0 radical (unpaired) electrons. The standard InChI is InChI=1S/C25H27N3O4/c1-17-20-15-19(31-2)7-8-22(20)32-24(17)25(30)27-13-11-26(12-14-27)16-23(29)28-10-9-18-5-3-4-6-21(18)28/h3-8,15H,9-14,16H2,1-2H3. The lowest BCUT2D eigenvalue weighted by atomic mass is 10.1. The number of rotatable bonds is 4. The number of amides is 2. The number of benzene rings is 2. The Bertz CT molecular complexity index is 1180. The lowest BCUT2D eigenvalue weighted by molar-refractivity contribution is -0.120. The number of nitrogens with zero attached hydrogens (tertiary/aromatic N) is 3. The van der Waals surface area contributed by atoms with E-state index in [-0.39, 0.29) is 11.8 Å². The molecule has 2 aliphatic rings. The molecule has 3 heterocycles. The van der Waals surface area contributed by atoms with Crippen LogP contribution in [0.4, 0.5) is 5.69 Å². The summed E-state index contributed by atoms with van der Waals surface area (Å²) in [4.78, 5) is 31.8. The van der Waals surface area contributed by atoms with E-state index in [1.54, 1.807) is 7.11 Å². The number of fused-ring (bicyclic) bond motifs is 2. The molecule has 32 heavy (non-hydrogen) atoms. The Balaban J connectivity index is 1.21. The van der Waals surface area contributed by atoms with E-state index in [4.69, 9.17) is 9.15 Å². The van der Waals surface area contributed by atoms with Crippen LogP contribution in [0, 0.1) is 6.92 Å². The summed E-state index contributed by atoms with van der Waals surface area (Å²) in [6, 6.07) is 13.6. The van der Waals surface area contributed by atoms with Crippen LogP contribution in [-0.2, 0) is 11.2 Å². The van der Waals surface area contributed by atoms with Crippen LogP contribution in [0.2, 0.25) is 0 Å². The Morgan fingerprint density at radius 3 is 2.59 bits per heavy atom. The van der Waals surface area contributed by atoms with Crippen LogP contribution in [-0.4, -0.2) is 68.0 Å². The maximum atomic E-state index is 13.1. The van der Waals surface area contributed by atoms with Gasteiger partial charge in [0.25, 0.3) is 5.91 Å². The molecule has 2 amide bonds. The second-order valence-electron chi connectivity index (χ2n) is 8.41. The highest BCUT2D eigenvalue weighted by atomic mass is 16.5. The fourth-order valence-corrected chi connectivity index (χ4v) is 4.66. The first kappa shape index (κ1) is 20.6. The molecule has 0 saturated carbocycles. The first-order chi connectivity index (χ1) is 15.5. The lowest BCUT2D eigenvalue weighted by Gasteiger charge is -2.34. The van der Waals surface area contributed by atoms with Crippen LogP contribution >= 0.6 is 0 Å². The van der Waals surface area contributed by atoms with Crippen molar-refractivity contribution in [2.75, 3.05) is 51.3 Å². The maximum Gasteiger partial charge on any atom is 0.289 e. The average Bonchev–Trinajstić information content (AvgIpc) is 3.40. The number of ether oxygens (including phenoxy) is 1. The van der Waals surface area contributed by atoms with Gasteiger partial charge in [0.15, 0.2) is 5.76 Å². The highest BCUT2D eigenvalue weighted by molar-refractivity contribution is 5.99. The second-order valence-corrected chi connectivity index (χ2v) is 8.41. The maximum absolute atomic E-state index is 13.1. The van der Waals surface area contributed by atoms with Gasteiger partial charge in [0, 0.05) is 49.4 Å². The third-order valence-corrected chi connectivity index (χ3v) is 6.54. The van der Waals surface area contributed by atoms with Gasteiger partial charge in [0.05, 0.1) is 13.7 Å². The SMILES string of the molecule is COc1ccc2oc(C(=O)N3CCN(CC(=O)N4CCc5ccccc54)CC3)c(C)c2c1. The Morgan fingerprint density at radius 1 is 1.03 bits per heavy atom. The van der Waals surface area contributed by atoms with Crippen LogP contribution in [0.15, 0.2) is 46.9 Å². The van der Waals surface area contributed by atoms with E-state index < -0.39 is 0 Å². The smallest absolute Gasteiger partial charge is 0.289 e. The number of hydrogen-bond acceptors (Lipinski definition) is 5. The average molecular weight is 434 g/mol. The van der Waals surface area contributed by atoms with E-state index in [0.29, 0.717) is 44.1 Å². The molecule has 0 atom stereocenters. The van der Waals surface area contributed by atoms with Gasteiger partial charge in [0.2, 0.25) is 5.91 Å². The van der Waals surface area contributed by atoms with Gasteiger partial charge in [-0.15, -0.1) is 0 Å². The highest BCUT2D eigenvalue weighted by Crippen LogP contribution is 2.30. The monoisotopic (exact) mass is 433 g/mol. The zero-order chi connectivity index (χ0) is 22.2. The minimum atomic E-state index is -0.0999. The van der Waals surface area contributed by atoms with E-state index in [1.807, 2.05) is 53.1 Å². The quantitative estimate of drug-likeness (QED) is 0.633. The number of carbonyl (C=O) groups excluding carboxylic acids is 2. The van der Waals surface area contributed by atoms with Crippen LogP contribution in [0.25, 0.3) is 11.0 Å². The van der Waals surface area contributed by atoms with Gasteiger partial charge in [-0.25, -0.2) is 0 Å². The van der Waals surface area contributed by atoms with Crippen LogP contribution in [0.5, 0.6) is 5.75 Å². The van der Waals surface area contributed by atoms with Gasteiger partial charge in [-0.05, 0) is 43.2 Å². The predicted octanol–water partition coefficient (Wildman–Crippen LogP) is 3.10. The van der Waals surface area contributed by atoms with Gasteiger partial charge in [-0.3, -0.25) is 14.5 Å². The second kappa shape index (κ2) is 8.31. The molecule has 7 nitrogen and oxygen atoms in total. The van der Waals surface area contributed by atoms with E-state index >= 15 is 0 Å². The van der Waals surface area contributed by atoms with Gasteiger partial charge in [0.1, 0.15) is 11.3 Å². The molecule has 2 aliphatic heterocycles. The van der Waals surface area contributed by atoms with Gasteiger partial charge in [-0.1, -0.05) is 18.2 Å². The topological polar surface area (TPSA) is 66.2 Å². The van der Waals surface area contributed by atoms with Crippen molar-refractivity contribution in [3.63, 3.8) is 0 Å². The van der Waals surface area contributed by atoms with Crippen molar-refractivity contribution in [1.29, 1.82) is 0 Å². The zero-order valence-electron chi connectivity index (χ0n) is 18.5. The molecule has 0 bridgehead atoms. The van der Waals surface area contributed by atoms with E-state index in [0.717, 1.165) is 35.4 Å². The van der Waals surface area contributed by atoms with Crippen molar-refractivity contribution in [3.05, 3.63) is 59.4 Å². The molecule has 0 N–H and O–H groups in total. The van der Waals surface area contributed by atoms with Crippen molar-refractivity contribution >= 4 is 28.5 Å². The Hall–Kier alpha value is -3.32. The predicted molar refractivity (Wildman–Crippen MR) is 122 cm³/mol. The molecule has 1 aromatic heterocycles. The number of anilines is 1. The summed E-state index contributed by atoms with van der Waals surface area (Å²) in [6.07, 6.45) is 0.910. The van der Waals surface area contributed by atoms with Gasteiger partial charge >= 0.3 is 0 Å². The Kier molecular flexibility index (Phi) is 5.35. The number of aryl methyl sites for hydroxylation is 1. The molecule has 1 saturated heterocycles. The molecular formula is C25H27N3O4. The molecule has 0 unspecified atom stereocenters. The van der Waals surface area contributed by atoms with Crippen LogP contribution < -0.4 is 9.64 Å². The fourth-order valence-electron chi connectivity index (χ4n) is 4.66. The molecule has 166 valence electrons. The van der Waals surface area contributed by atoms with Crippen molar-refractivity contribution in [3.8, 4) is 5.75 Å². The number of hydrogen-bond donors (Lipinski definition) is 0. The third-order valence-electron chi connectivity index (χ3n) is 6.54. The largest absolute Gasteiger partial charge is 0.497 e. The summed E-state index contributed by atoms with van der Waals surface area (Å²) in [5, 5.41) is 0.892. The number of carbonyl (C=O) groups is 2. The molecule has 3 aromatic rings. The number of para-hydroxylation sites is 1. The summed E-state index contributed by atoms with van der Waals surface area (Å²) >= 11 is 0. The highest BCUT2D eigenvalue weighted by Gasteiger charge is 2.30. The fraction of sp³-hybridized carbons (Fsp3) is 0.360. The van der Waals surface area contributed by atoms with Crippen molar-refractivity contribution in [2.24, 2.45) is 0 Å². The summed E-state index contributed by atoms with van der Waals surface area (Å²) in [5.41, 5.74) is 3.77.